The Labute approximate surface area is 331 Å². The maximum atomic E-state index is 6.41. The van der Waals surface area contributed by atoms with Crippen molar-refractivity contribution in [3.63, 3.8) is 0 Å². The Balaban J connectivity index is 1.12. The van der Waals surface area contributed by atoms with Crippen molar-refractivity contribution in [2.45, 2.75) is 0 Å². The molecule has 8 aromatic carbocycles. The fourth-order valence-electron chi connectivity index (χ4n) is 9.46. The van der Waals surface area contributed by atoms with E-state index in [-0.39, 0.29) is 0 Å². The monoisotopic (exact) mass is 789 g/mol. The molecule has 3 aromatic heterocycles. The molecule has 0 aliphatic carbocycles. The summed E-state index contributed by atoms with van der Waals surface area (Å²) in [5.41, 5.74) is 10.5. The summed E-state index contributed by atoms with van der Waals surface area (Å²) in [7, 11) is 0. The summed E-state index contributed by atoms with van der Waals surface area (Å²) in [4.78, 5) is 11.1. The number of furan rings is 1. The number of benzene rings is 8. The average Bonchev–Trinajstić information content (AvgIpc) is 3.92. The van der Waals surface area contributed by atoms with Gasteiger partial charge >= 0.3 is 309 Å². The van der Waals surface area contributed by atoms with Gasteiger partial charge in [-0.05, 0) is 6.07 Å². The van der Waals surface area contributed by atoms with Crippen LogP contribution in [0.25, 0.3) is 83.3 Å². The molecule has 4 nitrogen and oxygen atoms in total. The van der Waals surface area contributed by atoms with Gasteiger partial charge in [0.15, 0.2) is 0 Å². The predicted molar refractivity (Wildman–Crippen MR) is 237 cm³/mol. The molecule has 4 heterocycles. The van der Waals surface area contributed by atoms with E-state index in [1.165, 1.54) is 33.9 Å². The van der Waals surface area contributed by atoms with Crippen molar-refractivity contribution in [2.75, 3.05) is 0 Å². The Kier molecular flexibility index (Phi) is 7.07. The Morgan fingerprint density at radius 1 is 0.421 bits per heavy atom. The normalized spacial score (nSPS) is 13.1. The van der Waals surface area contributed by atoms with E-state index in [4.69, 9.17) is 14.4 Å². The third-order valence-corrected chi connectivity index (χ3v) is 22.1. The Morgan fingerprint density at radius 3 is 1.79 bits per heavy atom. The molecule has 0 bridgehead atoms. The van der Waals surface area contributed by atoms with E-state index in [1.54, 1.807) is 0 Å². The summed E-state index contributed by atoms with van der Waals surface area (Å²) in [6, 6.07) is 72.2. The van der Waals surface area contributed by atoms with Gasteiger partial charge in [-0.25, -0.2) is 0 Å². The van der Waals surface area contributed by atoms with Crippen LogP contribution in [-0.4, -0.2) is 27.8 Å². The van der Waals surface area contributed by atoms with Gasteiger partial charge in [-0.1, -0.05) is 18.2 Å². The third kappa shape index (κ3) is 4.68. The van der Waals surface area contributed by atoms with Gasteiger partial charge in [0.2, 0.25) is 0 Å². The zero-order valence-corrected chi connectivity index (χ0v) is 32.9. The number of rotatable bonds is 5. The minimum absolute atomic E-state index is 0.736. The standard InChI is InChI=1S/C52H33GeN3O/c1-4-16-35(17-5-1)52-54-50(49-51(55-52)41-24-10-13-25-44(41)53(49,36-18-6-2-7-19-36)37-20-8-3-9-21-37)34-28-30-38(31-29-34)56-45-26-14-11-22-39(45)42-32-43-40-23-12-15-27-47(40)57-48(43)33-46(42)56/h1-33H. The molecule has 0 amide bonds. The molecule has 1 aliphatic rings. The van der Waals surface area contributed by atoms with Crippen molar-refractivity contribution >= 4 is 74.6 Å². The summed E-state index contributed by atoms with van der Waals surface area (Å²) in [5.74, 6) is 0.736. The number of nitrogens with zero attached hydrogens (tertiary/aromatic N) is 3. The fraction of sp³-hybridized carbons (Fsp3) is 0. The van der Waals surface area contributed by atoms with E-state index in [0.717, 1.165) is 67.0 Å². The molecule has 0 unspecified atom stereocenters. The van der Waals surface area contributed by atoms with Crippen LogP contribution in [0, 0.1) is 0 Å². The first-order valence-electron chi connectivity index (χ1n) is 19.4. The van der Waals surface area contributed by atoms with E-state index in [2.05, 4.69) is 187 Å². The molecule has 0 saturated carbocycles. The molecule has 0 saturated heterocycles. The van der Waals surface area contributed by atoms with Gasteiger partial charge in [0, 0.05) is 0 Å². The summed E-state index contributed by atoms with van der Waals surface area (Å²) >= 11 is -3.68. The molecule has 0 spiro atoms. The van der Waals surface area contributed by atoms with Crippen LogP contribution >= 0.6 is 0 Å². The predicted octanol–water partition coefficient (Wildman–Crippen LogP) is 10.2. The van der Waals surface area contributed by atoms with Crippen LogP contribution in [0.3, 0.4) is 0 Å². The Bertz CT molecular complexity index is 3300. The van der Waals surface area contributed by atoms with Crippen LogP contribution in [0.4, 0.5) is 0 Å². The van der Waals surface area contributed by atoms with Gasteiger partial charge in [0.25, 0.3) is 0 Å². The SMILES string of the molecule is c1ccc(-c2nc(-c3ccc(-n4c5ccccc5c5cc6c(cc54)oc4ccccc46)cc3)[c]3c(n2)-c2cccc[c]2[Ge]3([c]2ccccc2)[c]2ccccc2)cc1. The van der Waals surface area contributed by atoms with Gasteiger partial charge in [0.05, 0.1) is 0 Å². The second kappa shape index (κ2) is 12.5. The number of fused-ring (bicyclic) bond motifs is 9. The van der Waals surface area contributed by atoms with E-state index >= 15 is 0 Å². The summed E-state index contributed by atoms with van der Waals surface area (Å²) in [6.07, 6.45) is 0. The molecule has 0 N–H and O–H groups in total. The second-order valence-corrected chi connectivity index (χ2v) is 22.6. The number of para-hydroxylation sites is 2. The molecule has 57 heavy (non-hydrogen) atoms. The number of aromatic nitrogens is 3. The van der Waals surface area contributed by atoms with Crippen LogP contribution in [0.1, 0.15) is 0 Å². The fourth-order valence-corrected chi connectivity index (χ4v) is 20.5. The van der Waals surface area contributed by atoms with Crippen LogP contribution in [0.2, 0.25) is 0 Å². The van der Waals surface area contributed by atoms with E-state index in [1.807, 2.05) is 18.2 Å². The maximum absolute atomic E-state index is 6.41. The summed E-state index contributed by atoms with van der Waals surface area (Å²) in [6.45, 7) is 0. The van der Waals surface area contributed by atoms with Crippen molar-refractivity contribution < 1.29 is 4.42 Å². The second-order valence-electron chi connectivity index (χ2n) is 14.9. The van der Waals surface area contributed by atoms with E-state index in [0.29, 0.717) is 0 Å². The molecule has 0 atom stereocenters. The van der Waals surface area contributed by atoms with Crippen molar-refractivity contribution in [3.8, 4) is 39.6 Å². The van der Waals surface area contributed by atoms with E-state index < -0.39 is 13.3 Å². The molecule has 12 rings (SSSR count). The first kappa shape index (κ1) is 32.2. The van der Waals surface area contributed by atoms with Crippen molar-refractivity contribution in [1.29, 1.82) is 0 Å². The van der Waals surface area contributed by atoms with Gasteiger partial charge in [-0.15, -0.1) is 0 Å². The van der Waals surface area contributed by atoms with E-state index in [9.17, 15) is 0 Å². The molecule has 5 heteroatoms. The van der Waals surface area contributed by atoms with Gasteiger partial charge in [-0.3, -0.25) is 0 Å². The molecular weight excluding hydrogens is 755 g/mol. The molecular formula is C52H33GeN3O. The van der Waals surface area contributed by atoms with Crippen molar-refractivity contribution in [2.24, 2.45) is 0 Å². The minimum atomic E-state index is -3.68. The van der Waals surface area contributed by atoms with Crippen LogP contribution in [0.5, 0.6) is 0 Å². The summed E-state index contributed by atoms with van der Waals surface area (Å²) < 4.78 is 14.2. The average molecular weight is 788 g/mol. The summed E-state index contributed by atoms with van der Waals surface area (Å²) in [5, 5.41) is 4.69. The Hall–Kier alpha value is -7.02. The van der Waals surface area contributed by atoms with Crippen molar-refractivity contribution in [1.82, 2.24) is 14.5 Å². The van der Waals surface area contributed by atoms with Gasteiger partial charge < -0.3 is 0 Å². The van der Waals surface area contributed by atoms with Crippen molar-refractivity contribution in [3.05, 3.63) is 200 Å². The number of hydrogen-bond donors (Lipinski definition) is 0. The van der Waals surface area contributed by atoms with Crippen LogP contribution in [-0.2, 0) is 0 Å². The van der Waals surface area contributed by atoms with Gasteiger partial charge in [-0.2, -0.15) is 0 Å². The van der Waals surface area contributed by atoms with Crippen LogP contribution in [0.15, 0.2) is 205 Å². The topological polar surface area (TPSA) is 43.9 Å². The van der Waals surface area contributed by atoms with Gasteiger partial charge in [0.1, 0.15) is 0 Å². The quantitative estimate of drug-likeness (QED) is 0.163. The zero-order valence-electron chi connectivity index (χ0n) is 30.8. The first-order valence-corrected chi connectivity index (χ1v) is 23.6. The number of hydrogen-bond acceptors (Lipinski definition) is 3. The van der Waals surface area contributed by atoms with Crippen LogP contribution < -0.4 is 17.6 Å². The molecule has 1 aliphatic heterocycles. The molecule has 0 fully saturated rings. The molecule has 0 radical (unpaired) electrons. The molecule has 266 valence electrons. The zero-order chi connectivity index (χ0) is 37.5. The Morgan fingerprint density at radius 2 is 1.04 bits per heavy atom. The molecule has 11 aromatic rings. The third-order valence-electron chi connectivity index (χ3n) is 11.9. The first-order chi connectivity index (χ1) is 28.3.